The van der Waals surface area contributed by atoms with Gasteiger partial charge in [0, 0.05) is 11.3 Å². The summed E-state index contributed by atoms with van der Waals surface area (Å²) in [5, 5.41) is 11.5. The topological polar surface area (TPSA) is 66.4 Å². The number of hydrogen-bond donors (Lipinski definition) is 2. The molecule has 1 amide bonds. The van der Waals surface area contributed by atoms with E-state index in [2.05, 4.69) is 5.32 Å². The second kappa shape index (κ2) is 3.14. The van der Waals surface area contributed by atoms with E-state index < -0.39 is 5.97 Å². The standard InChI is InChI=1S/C10H9NO3/c12-9-5-7(10(13)14)6-3-1-2-4-8(6)11-9/h1,3-4H,2,5H2,(H,11,12)(H,13,14). The van der Waals surface area contributed by atoms with Crippen molar-refractivity contribution in [2.45, 2.75) is 12.8 Å². The fourth-order valence-corrected chi connectivity index (χ4v) is 1.59. The summed E-state index contributed by atoms with van der Waals surface area (Å²) in [5.41, 5.74) is 1.43. The van der Waals surface area contributed by atoms with Gasteiger partial charge in [0.25, 0.3) is 0 Å². The molecule has 4 nitrogen and oxygen atoms in total. The predicted octanol–water partition coefficient (Wildman–Crippen LogP) is 0.731. The van der Waals surface area contributed by atoms with E-state index in [0.717, 1.165) is 6.42 Å². The Bertz CT molecular complexity index is 402. The second-order valence-electron chi connectivity index (χ2n) is 3.18. The SMILES string of the molecule is O=C1CC(C(=O)O)=C2C=CCC=C2N1. The number of nitrogens with one attached hydrogen (secondary N) is 1. The minimum absolute atomic E-state index is 0.0493. The van der Waals surface area contributed by atoms with Crippen LogP contribution < -0.4 is 5.32 Å². The zero-order chi connectivity index (χ0) is 10.1. The van der Waals surface area contributed by atoms with Crippen LogP contribution in [0.15, 0.2) is 35.1 Å². The first-order chi connectivity index (χ1) is 6.68. The minimum atomic E-state index is -1.02. The molecule has 0 saturated carbocycles. The zero-order valence-electron chi connectivity index (χ0n) is 7.41. The van der Waals surface area contributed by atoms with Gasteiger partial charge < -0.3 is 10.4 Å². The lowest BCUT2D eigenvalue weighted by molar-refractivity contribution is -0.134. The van der Waals surface area contributed by atoms with Crippen molar-refractivity contribution in [2.24, 2.45) is 0 Å². The van der Waals surface area contributed by atoms with E-state index in [1.165, 1.54) is 0 Å². The third kappa shape index (κ3) is 1.35. The van der Waals surface area contributed by atoms with Gasteiger partial charge in [0.05, 0.1) is 12.0 Å². The lowest BCUT2D eigenvalue weighted by Gasteiger charge is -2.21. The second-order valence-corrected chi connectivity index (χ2v) is 3.18. The van der Waals surface area contributed by atoms with Crippen molar-refractivity contribution >= 4 is 11.9 Å². The average molecular weight is 191 g/mol. The lowest BCUT2D eigenvalue weighted by Crippen LogP contribution is -2.31. The van der Waals surface area contributed by atoms with Gasteiger partial charge in [-0.1, -0.05) is 18.2 Å². The number of amides is 1. The largest absolute Gasteiger partial charge is 0.478 e. The summed E-state index contributed by atoms with van der Waals surface area (Å²) in [7, 11) is 0. The number of hydrogen-bond acceptors (Lipinski definition) is 2. The first kappa shape index (κ1) is 8.74. The van der Waals surface area contributed by atoms with Crippen molar-refractivity contribution in [3.63, 3.8) is 0 Å². The van der Waals surface area contributed by atoms with Gasteiger partial charge >= 0.3 is 5.97 Å². The highest BCUT2D eigenvalue weighted by molar-refractivity contribution is 5.99. The van der Waals surface area contributed by atoms with Crippen LogP contribution in [0.3, 0.4) is 0 Å². The Morgan fingerprint density at radius 2 is 2.29 bits per heavy atom. The number of allylic oxidation sites excluding steroid dienone is 3. The summed E-state index contributed by atoms with van der Waals surface area (Å²) in [6.45, 7) is 0. The molecule has 1 aliphatic heterocycles. The van der Waals surface area contributed by atoms with E-state index in [-0.39, 0.29) is 17.9 Å². The van der Waals surface area contributed by atoms with Crippen LogP contribution in [0.5, 0.6) is 0 Å². The zero-order valence-corrected chi connectivity index (χ0v) is 7.41. The smallest absolute Gasteiger partial charge is 0.332 e. The summed E-state index contributed by atoms with van der Waals surface area (Å²) in [5.74, 6) is -1.28. The molecule has 0 atom stereocenters. The molecule has 4 heteroatoms. The molecular weight excluding hydrogens is 182 g/mol. The number of rotatable bonds is 1. The van der Waals surface area contributed by atoms with E-state index in [9.17, 15) is 9.59 Å². The maximum absolute atomic E-state index is 11.2. The maximum atomic E-state index is 11.2. The van der Waals surface area contributed by atoms with E-state index in [0.29, 0.717) is 11.3 Å². The van der Waals surface area contributed by atoms with Gasteiger partial charge in [0.15, 0.2) is 0 Å². The van der Waals surface area contributed by atoms with Crippen molar-refractivity contribution in [3.8, 4) is 0 Å². The van der Waals surface area contributed by atoms with Crippen LogP contribution in [-0.2, 0) is 9.59 Å². The molecule has 0 spiro atoms. The van der Waals surface area contributed by atoms with E-state index in [1.807, 2.05) is 12.2 Å². The van der Waals surface area contributed by atoms with Crippen LogP contribution in [0.25, 0.3) is 0 Å². The molecule has 2 rings (SSSR count). The summed E-state index contributed by atoms with van der Waals surface area (Å²) in [4.78, 5) is 22.0. The highest BCUT2D eigenvalue weighted by atomic mass is 16.4. The van der Waals surface area contributed by atoms with Crippen LogP contribution in [-0.4, -0.2) is 17.0 Å². The van der Waals surface area contributed by atoms with Crippen LogP contribution in [0, 0.1) is 0 Å². The molecule has 0 saturated heterocycles. The Labute approximate surface area is 80.6 Å². The average Bonchev–Trinajstić information content (AvgIpc) is 2.16. The Morgan fingerprint density at radius 1 is 1.50 bits per heavy atom. The molecule has 0 bridgehead atoms. The highest BCUT2D eigenvalue weighted by Crippen LogP contribution is 2.25. The first-order valence-corrected chi connectivity index (χ1v) is 4.32. The maximum Gasteiger partial charge on any atom is 0.332 e. The molecule has 1 aliphatic carbocycles. The van der Waals surface area contributed by atoms with Crippen LogP contribution in [0.4, 0.5) is 0 Å². The molecule has 0 aromatic rings. The van der Waals surface area contributed by atoms with Gasteiger partial charge in [-0.05, 0) is 6.42 Å². The van der Waals surface area contributed by atoms with Crippen molar-refractivity contribution in [1.29, 1.82) is 0 Å². The number of carbonyl (C=O) groups is 2. The van der Waals surface area contributed by atoms with Gasteiger partial charge in [-0.15, -0.1) is 0 Å². The molecule has 2 aliphatic rings. The van der Waals surface area contributed by atoms with Crippen LogP contribution in [0.1, 0.15) is 12.8 Å². The summed E-state index contributed by atoms with van der Waals surface area (Å²) in [6.07, 6.45) is 6.12. The van der Waals surface area contributed by atoms with Gasteiger partial charge in [0.1, 0.15) is 0 Å². The molecule has 2 N–H and O–H groups in total. The molecule has 1 heterocycles. The number of fused-ring (bicyclic) bond motifs is 1. The molecule has 0 aromatic carbocycles. The Kier molecular flexibility index (Phi) is 1.96. The summed E-state index contributed by atoms with van der Waals surface area (Å²) >= 11 is 0. The van der Waals surface area contributed by atoms with Crippen molar-refractivity contribution in [1.82, 2.24) is 5.32 Å². The number of carboxylic acids is 1. The first-order valence-electron chi connectivity index (χ1n) is 4.32. The molecule has 14 heavy (non-hydrogen) atoms. The Balaban J connectivity index is 2.51. The van der Waals surface area contributed by atoms with E-state index >= 15 is 0 Å². The monoisotopic (exact) mass is 191 g/mol. The normalized spacial score (nSPS) is 20.0. The molecule has 0 unspecified atom stereocenters. The predicted molar refractivity (Wildman–Crippen MR) is 49.3 cm³/mol. The van der Waals surface area contributed by atoms with Gasteiger partial charge in [-0.3, -0.25) is 4.79 Å². The van der Waals surface area contributed by atoms with Crippen molar-refractivity contribution in [2.75, 3.05) is 0 Å². The summed E-state index contributed by atoms with van der Waals surface area (Å²) < 4.78 is 0. The number of carbonyl (C=O) groups excluding carboxylic acids is 1. The van der Waals surface area contributed by atoms with Crippen molar-refractivity contribution in [3.05, 3.63) is 35.1 Å². The molecular formula is C10H9NO3. The van der Waals surface area contributed by atoms with Crippen molar-refractivity contribution < 1.29 is 14.7 Å². The Morgan fingerprint density at radius 3 is 3.00 bits per heavy atom. The highest BCUT2D eigenvalue weighted by Gasteiger charge is 2.25. The third-order valence-electron chi connectivity index (χ3n) is 2.23. The minimum Gasteiger partial charge on any atom is -0.478 e. The third-order valence-corrected chi connectivity index (χ3v) is 2.23. The van der Waals surface area contributed by atoms with Gasteiger partial charge in [-0.25, -0.2) is 4.79 Å². The van der Waals surface area contributed by atoms with Gasteiger partial charge in [0.2, 0.25) is 5.91 Å². The van der Waals surface area contributed by atoms with Gasteiger partial charge in [-0.2, -0.15) is 0 Å². The lowest BCUT2D eigenvalue weighted by atomic mass is 9.94. The number of carboxylic acid groups (broad SMARTS) is 1. The van der Waals surface area contributed by atoms with E-state index in [4.69, 9.17) is 5.11 Å². The fourth-order valence-electron chi connectivity index (χ4n) is 1.59. The molecule has 0 radical (unpaired) electrons. The van der Waals surface area contributed by atoms with Crippen LogP contribution in [0.2, 0.25) is 0 Å². The quantitative estimate of drug-likeness (QED) is 0.642. The molecule has 0 fully saturated rings. The van der Waals surface area contributed by atoms with E-state index in [1.54, 1.807) is 6.08 Å². The molecule has 0 aromatic heterocycles. The van der Waals surface area contributed by atoms with Crippen LogP contribution >= 0.6 is 0 Å². The molecule has 72 valence electrons. The number of aliphatic carboxylic acids is 1. The Hall–Kier alpha value is -1.84. The fraction of sp³-hybridized carbons (Fsp3) is 0.200. The summed E-state index contributed by atoms with van der Waals surface area (Å²) in [6, 6.07) is 0.